The molecular weight excluding hydrogens is 277 g/mol. The van der Waals surface area contributed by atoms with Gasteiger partial charge in [0.2, 0.25) is 0 Å². The molecule has 0 saturated carbocycles. The van der Waals surface area contributed by atoms with Crippen molar-refractivity contribution in [2.45, 2.75) is 0 Å². The van der Waals surface area contributed by atoms with Gasteiger partial charge in [-0.25, -0.2) is 0 Å². The molecule has 3 heteroatoms. The molecule has 0 N–H and O–H groups in total. The number of hydrogen-bond donors (Lipinski definition) is 0. The zero-order chi connectivity index (χ0) is 7.23. The van der Waals surface area contributed by atoms with Crippen molar-refractivity contribution in [2.75, 3.05) is 4.78 Å². The molecule has 0 bridgehead atoms. The normalized spacial score (nSPS) is 9.70. The molecule has 0 aliphatic carbocycles. The molecule has 54 valence electrons. The molecule has 0 aliphatic heterocycles. The van der Waals surface area contributed by atoms with Crippen LogP contribution in [0.15, 0.2) is 30.3 Å². The van der Waals surface area contributed by atoms with E-state index in [0.717, 1.165) is 4.78 Å². The third-order valence-electron chi connectivity index (χ3n) is 0.943. The SMILES string of the molecule is ClC[Se][Se]c1ccccc1. The molecule has 0 heterocycles. The van der Waals surface area contributed by atoms with Gasteiger partial charge in [-0.2, -0.15) is 0 Å². The Balaban J connectivity index is 2.43. The van der Waals surface area contributed by atoms with E-state index < -0.39 is 0 Å². The van der Waals surface area contributed by atoms with Crippen LogP contribution < -0.4 is 4.46 Å². The fourth-order valence-electron chi connectivity index (χ4n) is 0.566. The first-order chi connectivity index (χ1) is 4.93. The third-order valence-corrected chi connectivity index (χ3v) is 9.11. The molecule has 0 saturated heterocycles. The zero-order valence-electron chi connectivity index (χ0n) is 5.29. The molecule has 0 spiro atoms. The van der Waals surface area contributed by atoms with Crippen molar-refractivity contribution in [3.05, 3.63) is 30.3 Å². The number of alkyl halides is 1. The summed E-state index contributed by atoms with van der Waals surface area (Å²) in [6, 6.07) is 10.6. The standard InChI is InChI=1S/C7H7ClSe2/c8-6-9-10-7-4-2-1-3-5-7/h1-5H,6H2. The summed E-state index contributed by atoms with van der Waals surface area (Å²) in [6.07, 6.45) is 0. The van der Waals surface area contributed by atoms with Crippen molar-refractivity contribution < 1.29 is 0 Å². The Bertz CT molecular complexity index is 176. The molecular formula is C7H7ClSe2. The van der Waals surface area contributed by atoms with Crippen LogP contribution in [0.2, 0.25) is 0 Å². The maximum absolute atomic E-state index is 5.59. The van der Waals surface area contributed by atoms with Crippen LogP contribution in [0.5, 0.6) is 0 Å². The van der Waals surface area contributed by atoms with E-state index in [1.54, 1.807) is 0 Å². The Kier molecular flexibility index (Phi) is 4.52. The van der Waals surface area contributed by atoms with Crippen molar-refractivity contribution in [1.29, 1.82) is 0 Å². The monoisotopic (exact) mass is 286 g/mol. The molecule has 10 heavy (non-hydrogen) atoms. The van der Waals surface area contributed by atoms with Gasteiger partial charge in [-0.1, -0.05) is 0 Å². The first-order valence-electron chi connectivity index (χ1n) is 2.84. The second-order valence-electron chi connectivity index (χ2n) is 1.62. The predicted molar refractivity (Wildman–Crippen MR) is 48.3 cm³/mol. The van der Waals surface area contributed by atoms with E-state index in [-0.39, 0.29) is 0 Å². The summed E-state index contributed by atoms with van der Waals surface area (Å²) in [5.41, 5.74) is 0. The van der Waals surface area contributed by atoms with E-state index in [1.165, 1.54) is 4.46 Å². The number of halogens is 1. The van der Waals surface area contributed by atoms with Crippen molar-refractivity contribution in [3.63, 3.8) is 0 Å². The van der Waals surface area contributed by atoms with Crippen LogP contribution in [-0.2, 0) is 0 Å². The molecule has 0 radical (unpaired) electrons. The average Bonchev–Trinajstić information content (AvgIpc) is 2.03. The van der Waals surface area contributed by atoms with Gasteiger partial charge in [0.25, 0.3) is 0 Å². The summed E-state index contributed by atoms with van der Waals surface area (Å²) >= 11 is 6.89. The minimum atomic E-state index is 0.649. The van der Waals surface area contributed by atoms with E-state index >= 15 is 0 Å². The Morgan fingerprint density at radius 1 is 1.20 bits per heavy atom. The van der Waals surface area contributed by atoms with Gasteiger partial charge in [0.1, 0.15) is 0 Å². The molecule has 0 aliphatic rings. The Hall–Kier alpha value is 0.549. The molecule has 1 aromatic rings. The fourth-order valence-corrected chi connectivity index (χ4v) is 5.89. The second-order valence-corrected chi connectivity index (χ2v) is 9.43. The Morgan fingerprint density at radius 3 is 2.50 bits per heavy atom. The van der Waals surface area contributed by atoms with Crippen molar-refractivity contribution in [1.82, 2.24) is 0 Å². The van der Waals surface area contributed by atoms with Gasteiger partial charge < -0.3 is 0 Å². The summed E-state index contributed by atoms with van der Waals surface area (Å²) in [5.74, 6) is 0. The van der Waals surface area contributed by atoms with Gasteiger partial charge >= 0.3 is 77.4 Å². The summed E-state index contributed by atoms with van der Waals surface area (Å²) in [6.45, 7) is 0. The zero-order valence-corrected chi connectivity index (χ0v) is 9.47. The molecule has 0 amide bonds. The van der Waals surface area contributed by atoms with Crippen LogP contribution in [0, 0.1) is 0 Å². The van der Waals surface area contributed by atoms with Crippen molar-refractivity contribution in [2.24, 2.45) is 0 Å². The number of hydrogen-bond acceptors (Lipinski definition) is 0. The minimum absolute atomic E-state index is 0.649. The molecule has 0 aromatic heterocycles. The molecule has 0 atom stereocenters. The number of rotatable bonds is 3. The first-order valence-corrected chi connectivity index (χ1v) is 9.77. The Morgan fingerprint density at radius 2 is 1.90 bits per heavy atom. The predicted octanol–water partition coefficient (Wildman–Crippen LogP) is 0.832. The van der Waals surface area contributed by atoms with Gasteiger partial charge in [-0.15, -0.1) is 0 Å². The molecule has 0 unspecified atom stereocenters. The number of benzene rings is 1. The van der Waals surface area contributed by atoms with Gasteiger partial charge in [0, 0.05) is 0 Å². The first kappa shape index (κ1) is 8.64. The molecule has 0 fully saturated rings. The summed E-state index contributed by atoms with van der Waals surface area (Å²) in [5, 5.41) is 0. The van der Waals surface area contributed by atoms with E-state index in [4.69, 9.17) is 11.6 Å². The Labute approximate surface area is 77.2 Å². The van der Waals surface area contributed by atoms with Crippen LogP contribution >= 0.6 is 11.6 Å². The fraction of sp³-hybridized carbons (Fsp3) is 0.143. The molecule has 0 nitrogen and oxygen atoms in total. The van der Waals surface area contributed by atoms with Crippen LogP contribution in [0.3, 0.4) is 0 Å². The van der Waals surface area contributed by atoms with Gasteiger partial charge in [0.05, 0.1) is 0 Å². The third kappa shape index (κ3) is 3.09. The van der Waals surface area contributed by atoms with Gasteiger partial charge in [-0.3, -0.25) is 0 Å². The van der Waals surface area contributed by atoms with Crippen LogP contribution in [0.4, 0.5) is 0 Å². The van der Waals surface area contributed by atoms with Crippen molar-refractivity contribution >= 4 is 42.3 Å². The van der Waals surface area contributed by atoms with Gasteiger partial charge in [0.15, 0.2) is 0 Å². The second kappa shape index (κ2) is 5.23. The van der Waals surface area contributed by atoms with Crippen molar-refractivity contribution in [3.8, 4) is 0 Å². The summed E-state index contributed by atoms with van der Waals surface area (Å²) in [4.78, 5) is 0. The van der Waals surface area contributed by atoms with E-state index in [0.29, 0.717) is 26.3 Å². The summed E-state index contributed by atoms with van der Waals surface area (Å²) < 4.78 is 2.32. The van der Waals surface area contributed by atoms with E-state index in [2.05, 4.69) is 24.3 Å². The maximum atomic E-state index is 5.59. The quantitative estimate of drug-likeness (QED) is 0.570. The average molecular weight is 285 g/mol. The van der Waals surface area contributed by atoms with Gasteiger partial charge in [-0.05, 0) is 0 Å². The van der Waals surface area contributed by atoms with E-state index in [9.17, 15) is 0 Å². The van der Waals surface area contributed by atoms with E-state index in [1.807, 2.05) is 6.07 Å². The van der Waals surface area contributed by atoms with Crippen LogP contribution in [-0.4, -0.2) is 31.0 Å². The summed E-state index contributed by atoms with van der Waals surface area (Å²) in [7, 11) is 0. The molecule has 1 rings (SSSR count). The topological polar surface area (TPSA) is 0 Å². The molecule has 1 aromatic carbocycles. The van der Waals surface area contributed by atoms with Crippen LogP contribution in [0.25, 0.3) is 0 Å². The van der Waals surface area contributed by atoms with Crippen LogP contribution in [0.1, 0.15) is 0 Å².